The summed E-state index contributed by atoms with van der Waals surface area (Å²) in [4.78, 5) is 29.1. The number of rotatable bonds is 6. The quantitative estimate of drug-likeness (QED) is 0.462. The molecule has 1 amide bonds. The van der Waals surface area contributed by atoms with Crippen molar-refractivity contribution in [3.05, 3.63) is 56.8 Å². The van der Waals surface area contributed by atoms with E-state index < -0.39 is 4.92 Å². The van der Waals surface area contributed by atoms with E-state index in [1.54, 1.807) is 37.8 Å². The van der Waals surface area contributed by atoms with Crippen molar-refractivity contribution in [2.45, 2.75) is 27.3 Å². The first-order valence-electron chi connectivity index (χ1n) is 8.40. The van der Waals surface area contributed by atoms with Crippen LogP contribution in [0, 0.1) is 24.0 Å². The number of thiazole rings is 1. The molecule has 0 saturated carbocycles. The molecule has 0 spiro atoms. The van der Waals surface area contributed by atoms with Gasteiger partial charge in [0, 0.05) is 12.3 Å². The van der Waals surface area contributed by atoms with E-state index in [1.807, 2.05) is 17.5 Å². The van der Waals surface area contributed by atoms with Crippen LogP contribution in [0.3, 0.4) is 0 Å². The lowest BCUT2D eigenvalue weighted by molar-refractivity contribution is -0.386. The number of anilines is 2. The molecule has 0 aliphatic heterocycles. The Labute approximate surface area is 165 Å². The molecule has 10 heteroatoms. The van der Waals surface area contributed by atoms with Gasteiger partial charge in [0.2, 0.25) is 5.91 Å². The minimum Gasteiger partial charge on any atom is -0.495 e. The molecular weight excluding hydrogens is 382 g/mol. The molecule has 3 rings (SSSR count). The second-order valence-corrected chi connectivity index (χ2v) is 6.92. The van der Waals surface area contributed by atoms with Gasteiger partial charge in [0.15, 0.2) is 5.13 Å². The summed E-state index contributed by atoms with van der Waals surface area (Å²) in [5.41, 5.74) is 2.08. The van der Waals surface area contributed by atoms with Gasteiger partial charge in [-0.25, -0.2) is 4.98 Å². The summed E-state index contributed by atoms with van der Waals surface area (Å²) >= 11 is 1.31. The lowest BCUT2D eigenvalue weighted by atomic mass is 10.2. The van der Waals surface area contributed by atoms with Gasteiger partial charge in [0.25, 0.3) is 0 Å². The number of nitro groups is 1. The van der Waals surface area contributed by atoms with Gasteiger partial charge in [-0.2, -0.15) is 5.10 Å². The highest BCUT2D eigenvalue weighted by atomic mass is 32.1. The summed E-state index contributed by atoms with van der Waals surface area (Å²) < 4.78 is 6.91. The van der Waals surface area contributed by atoms with Crippen molar-refractivity contribution < 1.29 is 14.5 Å². The number of para-hydroxylation sites is 2. The van der Waals surface area contributed by atoms with Crippen LogP contribution in [0.5, 0.6) is 5.75 Å². The summed E-state index contributed by atoms with van der Waals surface area (Å²) in [6.45, 7) is 4.99. The fraction of sp³-hybridized carbons (Fsp3) is 0.278. The molecule has 9 nitrogen and oxygen atoms in total. The number of carbonyl (C=O) groups is 1. The predicted molar refractivity (Wildman–Crippen MR) is 105 cm³/mol. The van der Waals surface area contributed by atoms with Crippen molar-refractivity contribution in [3.63, 3.8) is 0 Å². The van der Waals surface area contributed by atoms with Gasteiger partial charge in [0.1, 0.15) is 17.1 Å². The average molecular weight is 401 g/mol. The molecule has 0 fully saturated rings. The van der Waals surface area contributed by atoms with E-state index in [0.29, 0.717) is 33.7 Å². The van der Waals surface area contributed by atoms with Crippen molar-refractivity contribution in [1.29, 1.82) is 0 Å². The van der Waals surface area contributed by atoms with Crippen LogP contribution in [0.4, 0.5) is 16.5 Å². The van der Waals surface area contributed by atoms with Gasteiger partial charge in [0.05, 0.1) is 30.0 Å². The fourth-order valence-corrected chi connectivity index (χ4v) is 3.82. The SMILES string of the molecule is COc1ccccc1N(C(C)=O)c1nc(Cn2nc(C)c([N+](=O)[O-])c2C)cs1. The molecule has 0 unspecified atom stereocenters. The number of benzene rings is 1. The average Bonchev–Trinajstić information content (AvgIpc) is 3.20. The van der Waals surface area contributed by atoms with E-state index in [1.165, 1.54) is 23.2 Å². The maximum absolute atomic E-state index is 12.3. The summed E-state index contributed by atoms with van der Waals surface area (Å²) in [6, 6.07) is 7.20. The third kappa shape index (κ3) is 3.58. The van der Waals surface area contributed by atoms with E-state index in [0.717, 1.165) is 0 Å². The zero-order chi connectivity index (χ0) is 20.4. The van der Waals surface area contributed by atoms with E-state index in [-0.39, 0.29) is 18.1 Å². The molecule has 0 N–H and O–H groups in total. The highest BCUT2D eigenvalue weighted by molar-refractivity contribution is 7.14. The molecule has 0 saturated heterocycles. The molecule has 1 aromatic carbocycles. The third-order valence-electron chi connectivity index (χ3n) is 4.21. The maximum atomic E-state index is 12.3. The van der Waals surface area contributed by atoms with E-state index in [4.69, 9.17) is 4.74 Å². The Morgan fingerprint density at radius 2 is 2.07 bits per heavy atom. The molecule has 0 aliphatic carbocycles. The minimum atomic E-state index is -0.431. The van der Waals surface area contributed by atoms with Crippen LogP contribution < -0.4 is 9.64 Å². The van der Waals surface area contributed by atoms with Crippen molar-refractivity contribution in [2.75, 3.05) is 12.0 Å². The largest absolute Gasteiger partial charge is 0.495 e. The minimum absolute atomic E-state index is 0.00911. The smallest absolute Gasteiger partial charge is 0.312 e. The normalized spacial score (nSPS) is 10.7. The van der Waals surface area contributed by atoms with Crippen LogP contribution in [-0.4, -0.2) is 32.7 Å². The van der Waals surface area contributed by atoms with Crippen molar-refractivity contribution in [3.8, 4) is 5.75 Å². The Morgan fingerprint density at radius 3 is 2.68 bits per heavy atom. The van der Waals surface area contributed by atoms with Gasteiger partial charge in [-0.15, -0.1) is 11.3 Å². The fourth-order valence-electron chi connectivity index (χ4n) is 2.95. The summed E-state index contributed by atoms with van der Waals surface area (Å²) in [5, 5.41) is 17.7. The molecule has 0 bridgehead atoms. The molecule has 0 radical (unpaired) electrons. The monoisotopic (exact) mass is 401 g/mol. The standard InChI is InChI=1S/C18H19N5O4S/c1-11-17(23(25)26)12(2)21(20-11)9-14-10-28-18(19-14)22(13(3)24)15-7-5-6-8-16(15)27-4/h5-8,10H,9H2,1-4H3. The lowest BCUT2D eigenvalue weighted by Crippen LogP contribution is -2.23. The molecular formula is C18H19N5O4S. The third-order valence-corrected chi connectivity index (χ3v) is 5.08. The second kappa shape index (κ2) is 7.77. The van der Waals surface area contributed by atoms with Crippen molar-refractivity contribution in [2.24, 2.45) is 0 Å². The van der Waals surface area contributed by atoms with Gasteiger partial charge >= 0.3 is 5.69 Å². The Kier molecular flexibility index (Phi) is 5.41. The molecule has 0 aliphatic rings. The molecule has 0 atom stereocenters. The number of carbonyl (C=O) groups excluding carboxylic acids is 1. The number of ether oxygens (including phenoxy) is 1. The van der Waals surface area contributed by atoms with Gasteiger partial charge < -0.3 is 4.74 Å². The highest BCUT2D eigenvalue weighted by Gasteiger charge is 2.24. The van der Waals surface area contributed by atoms with Crippen LogP contribution in [0.25, 0.3) is 0 Å². The van der Waals surface area contributed by atoms with E-state index >= 15 is 0 Å². The topological polar surface area (TPSA) is 103 Å². The van der Waals surface area contributed by atoms with Gasteiger partial charge in [-0.1, -0.05) is 12.1 Å². The first-order chi connectivity index (χ1) is 13.3. The number of hydrogen-bond donors (Lipinski definition) is 0. The Balaban J connectivity index is 1.93. The van der Waals surface area contributed by atoms with Crippen LogP contribution in [0.2, 0.25) is 0 Å². The lowest BCUT2D eigenvalue weighted by Gasteiger charge is -2.20. The summed E-state index contributed by atoms with van der Waals surface area (Å²) in [6.07, 6.45) is 0. The number of nitrogens with zero attached hydrogens (tertiary/aromatic N) is 5. The van der Waals surface area contributed by atoms with Crippen LogP contribution in [0.1, 0.15) is 24.0 Å². The van der Waals surface area contributed by atoms with E-state index in [9.17, 15) is 14.9 Å². The molecule has 2 heterocycles. The van der Waals surface area contributed by atoms with Crippen LogP contribution in [-0.2, 0) is 11.3 Å². The molecule has 28 heavy (non-hydrogen) atoms. The first-order valence-corrected chi connectivity index (χ1v) is 9.28. The summed E-state index contributed by atoms with van der Waals surface area (Å²) in [5.74, 6) is 0.357. The molecule has 2 aromatic heterocycles. The zero-order valence-electron chi connectivity index (χ0n) is 15.9. The number of aromatic nitrogens is 3. The number of hydrogen-bond acceptors (Lipinski definition) is 7. The number of methoxy groups -OCH3 is 1. The molecule has 146 valence electrons. The maximum Gasteiger partial charge on any atom is 0.312 e. The highest BCUT2D eigenvalue weighted by Crippen LogP contribution is 2.35. The second-order valence-electron chi connectivity index (χ2n) is 6.08. The Hall–Kier alpha value is -3.27. The number of amides is 1. The summed E-state index contributed by atoms with van der Waals surface area (Å²) in [7, 11) is 1.54. The predicted octanol–water partition coefficient (Wildman–Crippen LogP) is 3.61. The Morgan fingerprint density at radius 1 is 1.36 bits per heavy atom. The Bertz CT molecular complexity index is 1040. The van der Waals surface area contributed by atoms with Gasteiger partial charge in [-0.3, -0.25) is 24.5 Å². The first kappa shape index (κ1) is 19.5. The van der Waals surface area contributed by atoms with Crippen molar-refractivity contribution in [1.82, 2.24) is 14.8 Å². The van der Waals surface area contributed by atoms with Crippen LogP contribution in [0.15, 0.2) is 29.6 Å². The van der Waals surface area contributed by atoms with E-state index in [2.05, 4.69) is 10.1 Å². The van der Waals surface area contributed by atoms with Crippen LogP contribution >= 0.6 is 11.3 Å². The van der Waals surface area contributed by atoms with Crippen molar-refractivity contribution >= 4 is 33.8 Å². The molecule has 3 aromatic rings. The zero-order valence-corrected chi connectivity index (χ0v) is 16.7. The number of aryl methyl sites for hydroxylation is 1. The van der Waals surface area contributed by atoms with Gasteiger partial charge in [-0.05, 0) is 26.0 Å².